The summed E-state index contributed by atoms with van der Waals surface area (Å²) in [6.07, 6.45) is 0.0614. The van der Waals surface area contributed by atoms with E-state index in [-0.39, 0.29) is 19.0 Å². The second kappa shape index (κ2) is 7.35. The van der Waals surface area contributed by atoms with Gasteiger partial charge in [0.2, 0.25) is 5.91 Å². The summed E-state index contributed by atoms with van der Waals surface area (Å²) in [7, 11) is 0. The maximum Gasteiger partial charge on any atom is 0.260 e. The minimum atomic E-state index is -0.751. The summed E-state index contributed by atoms with van der Waals surface area (Å²) in [5.74, 6) is -0.0574. The smallest absolute Gasteiger partial charge is 0.260 e. The van der Waals surface area contributed by atoms with E-state index in [4.69, 9.17) is 10.5 Å². The molecule has 3 N–H and O–H groups in total. The summed E-state index contributed by atoms with van der Waals surface area (Å²) in [6.45, 7) is 1.02. The van der Waals surface area contributed by atoms with Gasteiger partial charge in [0, 0.05) is 11.4 Å². The van der Waals surface area contributed by atoms with Crippen LogP contribution in [0.5, 0.6) is 5.75 Å². The van der Waals surface area contributed by atoms with E-state index in [9.17, 15) is 9.59 Å². The van der Waals surface area contributed by atoms with Gasteiger partial charge in [0.15, 0.2) is 6.10 Å². The summed E-state index contributed by atoms with van der Waals surface area (Å²) in [5.41, 5.74) is 6.16. The molecule has 1 aromatic heterocycles. The third-order valence-electron chi connectivity index (χ3n) is 3.79. The predicted octanol–water partition coefficient (Wildman–Crippen LogP) is 1.16. The molecule has 0 saturated carbocycles. The SMILES string of the molecule is NC(=O)C1CN(CC(=O)NCCc2cccs2)c2ccccc2O1. The largest absolute Gasteiger partial charge is 0.477 e. The predicted molar refractivity (Wildman–Crippen MR) is 93.3 cm³/mol. The molecule has 1 aliphatic heterocycles. The third-order valence-corrected chi connectivity index (χ3v) is 4.72. The van der Waals surface area contributed by atoms with Crippen LogP contribution in [0.2, 0.25) is 0 Å². The summed E-state index contributed by atoms with van der Waals surface area (Å²) in [6, 6.07) is 11.4. The van der Waals surface area contributed by atoms with Gasteiger partial charge in [-0.25, -0.2) is 0 Å². The van der Waals surface area contributed by atoms with Crippen molar-refractivity contribution >= 4 is 28.8 Å². The molecule has 1 atom stereocenters. The van der Waals surface area contributed by atoms with Crippen molar-refractivity contribution in [3.63, 3.8) is 0 Å². The van der Waals surface area contributed by atoms with Crippen LogP contribution in [-0.2, 0) is 16.0 Å². The standard InChI is InChI=1S/C17H19N3O3S/c18-17(22)15-10-20(13-5-1-2-6-14(13)23-15)11-16(21)19-8-7-12-4-3-9-24-12/h1-6,9,15H,7-8,10-11H2,(H2,18,22)(H,19,21). The highest BCUT2D eigenvalue weighted by Crippen LogP contribution is 2.32. The fourth-order valence-corrected chi connectivity index (χ4v) is 3.32. The zero-order chi connectivity index (χ0) is 16.9. The Morgan fingerprint density at radius 1 is 1.29 bits per heavy atom. The van der Waals surface area contributed by atoms with E-state index in [1.807, 2.05) is 40.6 Å². The van der Waals surface area contributed by atoms with Crippen molar-refractivity contribution in [3.05, 3.63) is 46.7 Å². The van der Waals surface area contributed by atoms with Gasteiger partial charge in [-0.1, -0.05) is 18.2 Å². The van der Waals surface area contributed by atoms with Gasteiger partial charge < -0.3 is 20.7 Å². The van der Waals surface area contributed by atoms with Crippen LogP contribution in [0.3, 0.4) is 0 Å². The van der Waals surface area contributed by atoms with Gasteiger partial charge in [0.25, 0.3) is 5.91 Å². The molecule has 2 aromatic rings. The Kier molecular flexibility index (Phi) is 5.00. The number of carbonyl (C=O) groups is 2. The van der Waals surface area contributed by atoms with Crippen LogP contribution < -0.4 is 20.7 Å². The van der Waals surface area contributed by atoms with Gasteiger partial charge >= 0.3 is 0 Å². The molecule has 6 nitrogen and oxygen atoms in total. The number of carbonyl (C=O) groups excluding carboxylic acids is 2. The number of nitrogens with one attached hydrogen (secondary N) is 1. The van der Waals surface area contributed by atoms with Crippen molar-refractivity contribution in [2.24, 2.45) is 5.73 Å². The molecule has 0 aliphatic carbocycles. The van der Waals surface area contributed by atoms with Crippen LogP contribution in [0.25, 0.3) is 0 Å². The van der Waals surface area contributed by atoms with Gasteiger partial charge in [-0.05, 0) is 30.0 Å². The monoisotopic (exact) mass is 345 g/mol. The Hall–Kier alpha value is -2.54. The molecule has 126 valence electrons. The van der Waals surface area contributed by atoms with Crippen molar-refractivity contribution < 1.29 is 14.3 Å². The molecule has 7 heteroatoms. The number of rotatable bonds is 6. The van der Waals surface area contributed by atoms with Crippen LogP contribution in [0.1, 0.15) is 4.88 Å². The molecule has 2 heterocycles. The highest BCUT2D eigenvalue weighted by Gasteiger charge is 2.29. The molecule has 1 aromatic carbocycles. The fourth-order valence-electron chi connectivity index (χ4n) is 2.61. The first-order chi connectivity index (χ1) is 11.6. The number of ether oxygens (including phenoxy) is 1. The summed E-state index contributed by atoms with van der Waals surface area (Å²) in [4.78, 5) is 26.8. The minimum absolute atomic E-state index is 0.0912. The van der Waals surface area contributed by atoms with Crippen molar-refractivity contribution in [3.8, 4) is 5.75 Å². The first kappa shape index (κ1) is 16.3. The van der Waals surface area contributed by atoms with Crippen molar-refractivity contribution in [1.82, 2.24) is 5.32 Å². The van der Waals surface area contributed by atoms with Gasteiger partial charge in [-0.3, -0.25) is 9.59 Å². The Morgan fingerprint density at radius 2 is 2.12 bits per heavy atom. The maximum absolute atomic E-state index is 12.2. The fraction of sp³-hybridized carbons (Fsp3) is 0.294. The second-order valence-corrected chi connectivity index (χ2v) is 6.57. The molecule has 0 bridgehead atoms. The normalized spacial score (nSPS) is 16.2. The quantitative estimate of drug-likeness (QED) is 0.823. The lowest BCUT2D eigenvalue weighted by atomic mass is 10.2. The van der Waals surface area contributed by atoms with Crippen molar-refractivity contribution in [2.75, 3.05) is 24.5 Å². The summed E-state index contributed by atoms with van der Waals surface area (Å²) < 4.78 is 5.59. The number of thiophene rings is 1. The van der Waals surface area contributed by atoms with E-state index in [0.717, 1.165) is 12.1 Å². The Bertz CT molecular complexity index is 718. The number of fused-ring (bicyclic) bond motifs is 1. The Balaban J connectivity index is 1.60. The first-order valence-electron chi connectivity index (χ1n) is 7.72. The Morgan fingerprint density at radius 3 is 2.88 bits per heavy atom. The van der Waals surface area contributed by atoms with E-state index in [1.54, 1.807) is 17.4 Å². The third kappa shape index (κ3) is 3.86. The van der Waals surface area contributed by atoms with Crippen LogP contribution in [0, 0.1) is 0 Å². The topological polar surface area (TPSA) is 84.7 Å². The average Bonchev–Trinajstić information content (AvgIpc) is 3.08. The van der Waals surface area contributed by atoms with Gasteiger partial charge in [0.1, 0.15) is 5.75 Å². The Labute approximate surface area is 144 Å². The number of nitrogens with two attached hydrogens (primary N) is 1. The number of primary amides is 1. The van der Waals surface area contributed by atoms with Crippen LogP contribution >= 0.6 is 11.3 Å². The van der Waals surface area contributed by atoms with E-state index in [2.05, 4.69) is 5.32 Å². The van der Waals surface area contributed by atoms with E-state index in [1.165, 1.54) is 4.88 Å². The molecular formula is C17H19N3O3S. The van der Waals surface area contributed by atoms with Gasteiger partial charge in [-0.2, -0.15) is 0 Å². The van der Waals surface area contributed by atoms with Gasteiger partial charge in [-0.15, -0.1) is 11.3 Å². The number of para-hydroxylation sites is 2. The number of nitrogens with zero attached hydrogens (tertiary/aromatic N) is 1. The highest BCUT2D eigenvalue weighted by molar-refractivity contribution is 7.09. The number of hydrogen-bond donors (Lipinski definition) is 2. The van der Waals surface area contributed by atoms with E-state index >= 15 is 0 Å². The molecule has 2 amide bonds. The number of anilines is 1. The maximum atomic E-state index is 12.2. The summed E-state index contributed by atoms with van der Waals surface area (Å²) in [5, 5.41) is 4.93. The molecule has 3 rings (SSSR count). The molecule has 1 unspecified atom stereocenters. The van der Waals surface area contributed by atoms with Crippen molar-refractivity contribution in [2.45, 2.75) is 12.5 Å². The average molecular weight is 345 g/mol. The molecule has 24 heavy (non-hydrogen) atoms. The zero-order valence-electron chi connectivity index (χ0n) is 13.1. The molecule has 1 aliphatic rings. The minimum Gasteiger partial charge on any atom is -0.477 e. The lowest BCUT2D eigenvalue weighted by Crippen LogP contribution is -2.50. The van der Waals surface area contributed by atoms with Crippen LogP contribution in [0.4, 0.5) is 5.69 Å². The molecule has 0 saturated heterocycles. The lowest BCUT2D eigenvalue weighted by Gasteiger charge is -2.34. The molecule has 0 spiro atoms. The van der Waals surface area contributed by atoms with Gasteiger partial charge in [0.05, 0.1) is 18.8 Å². The summed E-state index contributed by atoms with van der Waals surface area (Å²) >= 11 is 1.67. The molecule has 0 radical (unpaired) electrons. The number of amides is 2. The molecular weight excluding hydrogens is 326 g/mol. The van der Waals surface area contributed by atoms with Crippen LogP contribution in [0.15, 0.2) is 41.8 Å². The highest BCUT2D eigenvalue weighted by atomic mass is 32.1. The van der Waals surface area contributed by atoms with Crippen LogP contribution in [-0.4, -0.2) is 37.6 Å². The number of benzene rings is 1. The zero-order valence-corrected chi connectivity index (χ0v) is 13.9. The van der Waals surface area contributed by atoms with E-state index < -0.39 is 12.0 Å². The van der Waals surface area contributed by atoms with E-state index in [0.29, 0.717) is 12.3 Å². The van der Waals surface area contributed by atoms with Crippen molar-refractivity contribution in [1.29, 1.82) is 0 Å². The molecule has 0 fully saturated rings. The first-order valence-corrected chi connectivity index (χ1v) is 8.60. The number of hydrogen-bond acceptors (Lipinski definition) is 5. The lowest BCUT2D eigenvalue weighted by molar-refractivity contribution is -0.125. The second-order valence-electron chi connectivity index (χ2n) is 5.54.